The number of benzene rings is 1. The van der Waals surface area contributed by atoms with Crippen LogP contribution in [0, 0.1) is 5.82 Å². The van der Waals surface area contributed by atoms with E-state index in [2.05, 4.69) is 25.6 Å². The van der Waals surface area contributed by atoms with Gasteiger partial charge in [0.1, 0.15) is 5.82 Å². The topological polar surface area (TPSA) is 72.0 Å². The van der Waals surface area contributed by atoms with Crippen LogP contribution < -0.4 is 15.4 Å². The van der Waals surface area contributed by atoms with Gasteiger partial charge in [-0.2, -0.15) is 15.0 Å². The summed E-state index contributed by atoms with van der Waals surface area (Å²) >= 11 is 5.62. The Labute approximate surface area is 120 Å². The van der Waals surface area contributed by atoms with Crippen LogP contribution in [0.25, 0.3) is 0 Å². The minimum atomic E-state index is -0.524. The molecule has 0 aliphatic rings. The van der Waals surface area contributed by atoms with E-state index in [4.69, 9.17) is 16.3 Å². The third-order valence-electron chi connectivity index (χ3n) is 2.31. The average molecular weight is 298 g/mol. The Morgan fingerprint density at radius 1 is 1.25 bits per heavy atom. The first-order valence-electron chi connectivity index (χ1n) is 5.88. The molecule has 2 rings (SSSR count). The maximum absolute atomic E-state index is 13.4. The molecular formula is C12H13ClFN5O. The molecule has 0 spiro atoms. The lowest BCUT2D eigenvalue weighted by atomic mass is 10.3. The Morgan fingerprint density at radius 3 is 2.65 bits per heavy atom. The van der Waals surface area contributed by atoms with Crippen LogP contribution in [0.1, 0.15) is 6.92 Å². The van der Waals surface area contributed by atoms with Gasteiger partial charge in [-0.05, 0) is 25.1 Å². The zero-order valence-corrected chi connectivity index (χ0v) is 11.7. The van der Waals surface area contributed by atoms with Crippen molar-refractivity contribution in [3.63, 3.8) is 0 Å². The third-order valence-corrected chi connectivity index (χ3v) is 2.61. The van der Waals surface area contributed by atoms with Crippen LogP contribution >= 0.6 is 11.6 Å². The van der Waals surface area contributed by atoms with Gasteiger partial charge in [-0.3, -0.25) is 0 Å². The van der Waals surface area contributed by atoms with Crippen molar-refractivity contribution < 1.29 is 9.13 Å². The van der Waals surface area contributed by atoms with E-state index in [-0.39, 0.29) is 17.0 Å². The highest BCUT2D eigenvalue weighted by Crippen LogP contribution is 2.21. The van der Waals surface area contributed by atoms with Gasteiger partial charge in [0.2, 0.25) is 11.9 Å². The number of nitrogens with one attached hydrogen (secondary N) is 2. The summed E-state index contributed by atoms with van der Waals surface area (Å²) in [5.74, 6) is 0.0930. The molecule has 1 aromatic carbocycles. The molecule has 6 nitrogen and oxygen atoms in total. The molecule has 0 unspecified atom stereocenters. The van der Waals surface area contributed by atoms with Crippen LogP contribution in [0.5, 0.6) is 6.01 Å². The lowest BCUT2D eigenvalue weighted by Crippen LogP contribution is -2.07. The first-order chi connectivity index (χ1) is 9.62. The summed E-state index contributed by atoms with van der Waals surface area (Å²) in [6.07, 6.45) is 0. The summed E-state index contributed by atoms with van der Waals surface area (Å²) in [7, 11) is 1.46. The quantitative estimate of drug-likeness (QED) is 0.884. The summed E-state index contributed by atoms with van der Waals surface area (Å²) in [6, 6.07) is 4.48. The number of nitrogens with zero attached hydrogens (tertiary/aromatic N) is 3. The van der Waals surface area contributed by atoms with Gasteiger partial charge in [0.05, 0.1) is 12.1 Å². The number of hydrogen-bond donors (Lipinski definition) is 2. The Bertz CT molecular complexity index is 610. The third kappa shape index (κ3) is 3.45. The SMILES string of the molecule is CCNc1nc(Nc2ccc(Cl)c(F)c2)nc(OC)n1. The molecule has 0 saturated heterocycles. The molecule has 8 heteroatoms. The van der Waals surface area contributed by atoms with Crippen LogP contribution in [0.15, 0.2) is 18.2 Å². The molecule has 0 saturated carbocycles. The minimum absolute atomic E-state index is 0.0529. The number of halogens is 2. The normalized spacial score (nSPS) is 10.2. The van der Waals surface area contributed by atoms with Crippen molar-refractivity contribution in [2.45, 2.75) is 6.92 Å². The molecular weight excluding hydrogens is 285 g/mol. The molecule has 106 valence electrons. The predicted molar refractivity (Wildman–Crippen MR) is 75.2 cm³/mol. The standard InChI is InChI=1S/C12H13ClFN5O/c1-3-15-10-17-11(19-12(18-10)20-2)16-7-4-5-8(13)9(14)6-7/h4-6H,3H2,1-2H3,(H2,15,16,17,18,19). The highest BCUT2D eigenvalue weighted by Gasteiger charge is 2.08. The van der Waals surface area contributed by atoms with E-state index < -0.39 is 5.82 Å². The summed E-state index contributed by atoms with van der Waals surface area (Å²) in [6.45, 7) is 2.57. The van der Waals surface area contributed by atoms with Crippen molar-refractivity contribution in [1.82, 2.24) is 15.0 Å². The Balaban J connectivity index is 2.27. The van der Waals surface area contributed by atoms with Gasteiger partial charge in [0.15, 0.2) is 0 Å². The number of anilines is 3. The van der Waals surface area contributed by atoms with Gasteiger partial charge in [-0.25, -0.2) is 4.39 Å². The fourth-order valence-electron chi connectivity index (χ4n) is 1.44. The second-order valence-corrected chi connectivity index (χ2v) is 4.16. The smallest absolute Gasteiger partial charge is 0.322 e. The van der Waals surface area contributed by atoms with E-state index in [0.29, 0.717) is 18.2 Å². The molecule has 20 heavy (non-hydrogen) atoms. The molecule has 0 aliphatic carbocycles. The van der Waals surface area contributed by atoms with Gasteiger partial charge in [0, 0.05) is 12.2 Å². The van der Waals surface area contributed by atoms with Crippen molar-refractivity contribution in [1.29, 1.82) is 0 Å². The molecule has 0 amide bonds. The maximum Gasteiger partial charge on any atom is 0.322 e. The van der Waals surface area contributed by atoms with Crippen molar-refractivity contribution in [2.24, 2.45) is 0 Å². The molecule has 1 aromatic heterocycles. The maximum atomic E-state index is 13.4. The van der Waals surface area contributed by atoms with Crippen LogP contribution in [0.3, 0.4) is 0 Å². The zero-order chi connectivity index (χ0) is 14.5. The number of rotatable bonds is 5. The van der Waals surface area contributed by atoms with Crippen molar-refractivity contribution in [3.8, 4) is 6.01 Å². The summed E-state index contributed by atoms with van der Waals surface area (Å²) in [4.78, 5) is 12.2. The zero-order valence-electron chi connectivity index (χ0n) is 10.9. The van der Waals surface area contributed by atoms with Crippen LogP contribution in [0.4, 0.5) is 22.0 Å². The average Bonchev–Trinajstić information content (AvgIpc) is 2.43. The van der Waals surface area contributed by atoms with E-state index in [1.165, 1.54) is 19.2 Å². The molecule has 2 aromatic rings. The monoisotopic (exact) mass is 297 g/mol. The van der Waals surface area contributed by atoms with E-state index in [9.17, 15) is 4.39 Å². The lowest BCUT2D eigenvalue weighted by molar-refractivity contribution is 0.379. The van der Waals surface area contributed by atoms with Gasteiger partial charge in [-0.15, -0.1) is 0 Å². The van der Waals surface area contributed by atoms with Crippen molar-refractivity contribution in [3.05, 3.63) is 29.0 Å². The first-order valence-corrected chi connectivity index (χ1v) is 6.26. The molecule has 0 radical (unpaired) electrons. The minimum Gasteiger partial charge on any atom is -0.467 e. The molecule has 0 fully saturated rings. The van der Waals surface area contributed by atoms with Gasteiger partial charge in [-0.1, -0.05) is 11.6 Å². The number of ether oxygens (including phenoxy) is 1. The fraction of sp³-hybridized carbons (Fsp3) is 0.250. The predicted octanol–water partition coefficient (Wildman–Crippen LogP) is 2.85. The van der Waals surface area contributed by atoms with Gasteiger partial charge < -0.3 is 15.4 Å². The van der Waals surface area contributed by atoms with Crippen LogP contribution in [-0.2, 0) is 0 Å². The molecule has 2 N–H and O–H groups in total. The lowest BCUT2D eigenvalue weighted by Gasteiger charge is -2.08. The van der Waals surface area contributed by atoms with E-state index in [0.717, 1.165) is 0 Å². The number of hydrogen-bond acceptors (Lipinski definition) is 6. The van der Waals surface area contributed by atoms with E-state index >= 15 is 0 Å². The number of aromatic nitrogens is 3. The fourth-order valence-corrected chi connectivity index (χ4v) is 1.56. The Morgan fingerprint density at radius 2 is 2.00 bits per heavy atom. The van der Waals surface area contributed by atoms with Crippen LogP contribution in [0.2, 0.25) is 5.02 Å². The molecule has 0 aliphatic heterocycles. The summed E-state index contributed by atoms with van der Waals surface area (Å²) < 4.78 is 18.4. The molecule has 1 heterocycles. The second-order valence-electron chi connectivity index (χ2n) is 3.75. The molecule has 0 atom stereocenters. The summed E-state index contributed by atoms with van der Waals surface area (Å²) in [5.41, 5.74) is 0.475. The highest BCUT2D eigenvalue weighted by molar-refractivity contribution is 6.30. The highest BCUT2D eigenvalue weighted by atomic mass is 35.5. The van der Waals surface area contributed by atoms with E-state index in [1.807, 2.05) is 6.92 Å². The van der Waals surface area contributed by atoms with Gasteiger partial charge >= 0.3 is 6.01 Å². The van der Waals surface area contributed by atoms with Crippen molar-refractivity contribution in [2.75, 3.05) is 24.3 Å². The van der Waals surface area contributed by atoms with E-state index in [1.54, 1.807) is 6.07 Å². The second kappa shape index (κ2) is 6.33. The largest absolute Gasteiger partial charge is 0.467 e. The molecule has 0 bridgehead atoms. The number of methoxy groups -OCH3 is 1. The van der Waals surface area contributed by atoms with Gasteiger partial charge in [0.25, 0.3) is 0 Å². The Kier molecular flexibility index (Phi) is 4.52. The first kappa shape index (κ1) is 14.3. The summed E-state index contributed by atoms with van der Waals surface area (Å²) in [5, 5.41) is 5.87. The van der Waals surface area contributed by atoms with Crippen LogP contribution in [-0.4, -0.2) is 28.6 Å². The Hall–Kier alpha value is -2.15. The van der Waals surface area contributed by atoms with Crippen molar-refractivity contribution >= 4 is 29.2 Å².